The first-order chi connectivity index (χ1) is 20.5. The van der Waals surface area contributed by atoms with Crippen molar-refractivity contribution in [3.8, 4) is 0 Å². The van der Waals surface area contributed by atoms with Crippen molar-refractivity contribution >= 4 is 23.6 Å². The molecule has 9 heteroatoms. The van der Waals surface area contributed by atoms with Crippen LogP contribution in [0.4, 0.5) is 0 Å². The fourth-order valence-electron chi connectivity index (χ4n) is 7.14. The Labute approximate surface area is 263 Å². The van der Waals surface area contributed by atoms with Gasteiger partial charge in [-0.3, -0.25) is 14.4 Å². The highest BCUT2D eigenvalue weighted by Crippen LogP contribution is 2.50. The minimum Gasteiger partial charge on any atom is -0.481 e. The Balaban J connectivity index is 1.70. The van der Waals surface area contributed by atoms with E-state index in [0.29, 0.717) is 30.4 Å². The number of carbonyl (C=O) groups is 3. The third-order valence-corrected chi connectivity index (χ3v) is 9.56. The van der Waals surface area contributed by atoms with Gasteiger partial charge in [0.25, 0.3) is 11.8 Å². The number of aliphatic imine (C=N–C) groups is 1. The van der Waals surface area contributed by atoms with Crippen molar-refractivity contribution in [3.63, 3.8) is 0 Å². The lowest BCUT2D eigenvalue weighted by molar-refractivity contribution is -0.137. The minimum absolute atomic E-state index is 0.00471. The molecule has 1 aromatic rings. The number of carbonyl (C=O) groups excluding carboxylic acids is 2. The van der Waals surface area contributed by atoms with Crippen molar-refractivity contribution in [1.29, 1.82) is 0 Å². The average molecular weight is 611 g/mol. The molecule has 3 aliphatic rings. The van der Waals surface area contributed by atoms with E-state index in [0.717, 1.165) is 44.1 Å². The first-order valence-corrected chi connectivity index (χ1v) is 16.4. The number of benzene rings is 1. The Morgan fingerprint density at radius 2 is 1.64 bits per heavy atom. The lowest BCUT2D eigenvalue weighted by atomic mass is 9.69. The molecule has 1 spiro atoms. The Bertz CT molecular complexity index is 1210. The molecule has 44 heavy (non-hydrogen) atoms. The molecule has 0 unspecified atom stereocenters. The van der Waals surface area contributed by atoms with Crippen molar-refractivity contribution in [2.24, 2.45) is 21.7 Å². The lowest BCUT2D eigenvalue weighted by Gasteiger charge is -2.47. The summed E-state index contributed by atoms with van der Waals surface area (Å²) in [6.45, 7) is 19.1. The Kier molecular flexibility index (Phi) is 10.2. The summed E-state index contributed by atoms with van der Waals surface area (Å²) in [7, 11) is 0. The van der Waals surface area contributed by atoms with Gasteiger partial charge in [-0.25, -0.2) is 4.99 Å². The van der Waals surface area contributed by atoms with E-state index < -0.39 is 11.6 Å². The monoisotopic (exact) mass is 610 g/mol. The molecule has 2 N–H and O–H groups in total. The molecular formula is C35H54N4O5. The van der Waals surface area contributed by atoms with Crippen LogP contribution in [0.5, 0.6) is 0 Å². The zero-order valence-corrected chi connectivity index (χ0v) is 28.1. The molecule has 244 valence electrons. The van der Waals surface area contributed by atoms with Crippen molar-refractivity contribution in [2.45, 2.75) is 124 Å². The van der Waals surface area contributed by atoms with E-state index in [9.17, 15) is 14.4 Å². The number of carboxylic acids is 1. The standard InChI is InChI=1S/C35H54N4O5/c1-23-21-38(22-24(2)44-23)30-32(43)39(35(37-30)18-13-27(14-19-35)34(6,7)8)28(15-17-33(3,4)5)25-9-11-26(12-10-25)31(42)36-20-16-29(40)41/h9-12,23-24,27-28H,13-22H2,1-8H3,(H,36,42)(H,40,41)/t23-,24+,27?,28-,35?/m1/s1. The van der Waals surface area contributed by atoms with Crippen molar-refractivity contribution in [1.82, 2.24) is 15.1 Å². The van der Waals surface area contributed by atoms with Gasteiger partial charge >= 0.3 is 5.97 Å². The van der Waals surface area contributed by atoms with Crippen LogP contribution in [0.1, 0.15) is 122 Å². The molecule has 0 radical (unpaired) electrons. The molecule has 2 amide bonds. The number of aliphatic carboxylic acids is 1. The normalized spacial score (nSPS) is 27.0. The van der Waals surface area contributed by atoms with Crippen LogP contribution >= 0.6 is 0 Å². The number of amides is 2. The van der Waals surface area contributed by atoms with Gasteiger partial charge < -0.3 is 25.0 Å². The van der Waals surface area contributed by atoms with E-state index in [4.69, 9.17) is 14.8 Å². The average Bonchev–Trinajstić information content (AvgIpc) is 3.19. The van der Waals surface area contributed by atoms with Crippen molar-refractivity contribution in [2.75, 3.05) is 19.6 Å². The van der Waals surface area contributed by atoms with Gasteiger partial charge in [-0.05, 0) is 86.8 Å². The number of morpholine rings is 1. The highest BCUT2D eigenvalue weighted by Gasteiger charge is 2.54. The molecule has 2 fully saturated rings. The summed E-state index contributed by atoms with van der Waals surface area (Å²) in [5, 5.41) is 11.6. The number of nitrogens with one attached hydrogen (secondary N) is 1. The maximum atomic E-state index is 14.7. The van der Waals surface area contributed by atoms with Crippen LogP contribution in [-0.4, -0.2) is 76.0 Å². The first-order valence-electron chi connectivity index (χ1n) is 16.4. The fraction of sp³-hybridized carbons (Fsp3) is 0.714. The summed E-state index contributed by atoms with van der Waals surface area (Å²) in [4.78, 5) is 47.9. The fourth-order valence-corrected chi connectivity index (χ4v) is 7.14. The molecule has 0 bridgehead atoms. The van der Waals surface area contributed by atoms with E-state index in [2.05, 4.69) is 70.5 Å². The molecule has 3 atom stereocenters. The zero-order chi connectivity index (χ0) is 32.4. The largest absolute Gasteiger partial charge is 0.481 e. The van der Waals surface area contributed by atoms with Gasteiger partial charge in [0.1, 0.15) is 5.66 Å². The van der Waals surface area contributed by atoms with E-state index in [1.165, 1.54) is 0 Å². The van der Waals surface area contributed by atoms with Crippen LogP contribution in [0.2, 0.25) is 0 Å². The second-order valence-electron chi connectivity index (χ2n) is 15.5. The summed E-state index contributed by atoms with van der Waals surface area (Å²) >= 11 is 0. The van der Waals surface area contributed by atoms with E-state index >= 15 is 0 Å². The van der Waals surface area contributed by atoms with Crippen LogP contribution in [0, 0.1) is 16.7 Å². The molecule has 2 aliphatic heterocycles. The topological polar surface area (TPSA) is 112 Å². The lowest BCUT2D eigenvalue weighted by Crippen LogP contribution is -2.54. The number of hydrogen-bond donors (Lipinski definition) is 2. The van der Waals surface area contributed by atoms with Crippen LogP contribution in [0.3, 0.4) is 0 Å². The Hall–Kier alpha value is -2.94. The summed E-state index contributed by atoms with van der Waals surface area (Å²) in [6.07, 6.45) is 5.29. The number of rotatable bonds is 8. The van der Waals surface area contributed by atoms with E-state index in [1.54, 1.807) is 12.1 Å². The molecule has 9 nitrogen and oxygen atoms in total. The van der Waals surface area contributed by atoms with Crippen LogP contribution in [-0.2, 0) is 14.3 Å². The van der Waals surface area contributed by atoms with Gasteiger partial charge in [0, 0.05) is 25.2 Å². The highest BCUT2D eigenvalue weighted by molar-refractivity contribution is 6.39. The van der Waals surface area contributed by atoms with Crippen LogP contribution in [0.15, 0.2) is 29.3 Å². The van der Waals surface area contributed by atoms with Gasteiger partial charge in [-0.2, -0.15) is 0 Å². The Morgan fingerprint density at radius 1 is 1.05 bits per heavy atom. The summed E-state index contributed by atoms with van der Waals surface area (Å²) in [5.74, 6) is -0.129. The second kappa shape index (κ2) is 13.2. The number of nitrogens with zero attached hydrogens (tertiary/aromatic N) is 3. The van der Waals surface area contributed by atoms with E-state index in [1.807, 2.05) is 12.1 Å². The number of hydrogen-bond acceptors (Lipinski definition) is 6. The quantitative estimate of drug-likeness (QED) is 0.371. The van der Waals surface area contributed by atoms with E-state index in [-0.39, 0.29) is 53.9 Å². The molecule has 1 aromatic carbocycles. The Morgan fingerprint density at radius 3 is 2.16 bits per heavy atom. The molecule has 2 heterocycles. The number of ether oxygens (including phenoxy) is 1. The predicted molar refractivity (Wildman–Crippen MR) is 172 cm³/mol. The van der Waals surface area contributed by atoms with Crippen molar-refractivity contribution < 1.29 is 24.2 Å². The number of amidine groups is 1. The maximum absolute atomic E-state index is 14.7. The van der Waals surface area contributed by atoms with Gasteiger partial charge in [0.15, 0.2) is 5.84 Å². The molecular weight excluding hydrogens is 556 g/mol. The van der Waals surface area contributed by atoms with Crippen molar-refractivity contribution in [3.05, 3.63) is 35.4 Å². The summed E-state index contributed by atoms with van der Waals surface area (Å²) in [5.41, 5.74) is 1.12. The predicted octanol–water partition coefficient (Wildman–Crippen LogP) is 6.04. The van der Waals surface area contributed by atoms with Gasteiger partial charge in [-0.15, -0.1) is 0 Å². The second-order valence-corrected chi connectivity index (χ2v) is 15.5. The molecule has 1 aliphatic carbocycles. The maximum Gasteiger partial charge on any atom is 0.305 e. The summed E-state index contributed by atoms with van der Waals surface area (Å²) in [6, 6.07) is 7.28. The first kappa shape index (κ1) is 33.9. The summed E-state index contributed by atoms with van der Waals surface area (Å²) < 4.78 is 6.00. The van der Waals surface area contributed by atoms with Gasteiger partial charge in [0.05, 0.1) is 24.7 Å². The molecule has 1 saturated heterocycles. The third-order valence-electron chi connectivity index (χ3n) is 9.56. The van der Waals surface area contributed by atoms with Gasteiger partial charge in [0.2, 0.25) is 0 Å². The third kappa shape index (κ3) is 8.01. The molecule has 1 saturated carbocycles. The molecule has 4 rings (SSSR count). The highest BCUT2D eigenvalue weighted by atomic mass is 16.5. The van der Waals surface area contributed by atoms with Crippen LogP contribution in [0.25, 0.3) is 0 Å². The smallest absolute Gasteiger partial charge is 0.305 e. The number of carboxylic acid groups (broad SMARTS) is 1. The minimum atomic E-state index is -0.953. The molecule has 0 aromatic heterocycles. The zero-order valence-electron chi connectivity index (χ0n) is 28.1. The van der Waals surface area contributed by atoms with Crippen LogP contribution < -0.4 is 5.32 Å². The SMILES string of the molecule is C[C@@H]1CN(C2=NC3(CCC(C(C)(C)C)CC3)N([C@H](CCC(C)(C)C)c3ccc(C(=O)NCCC(=O)O)cc3)C2=O)C[C@H](C)O1. The van der Waals surface area contributed by atoms with Gasteiger partial charge in [-0.1, -0.05) is 53.7 Å².